The Morgan fingerprint density at radius 1 is 1.22 bits per heavy atom. The van der Waals surface area contributed by atoms with Gasteiger partial charge < -0.3 is 14.7 Å². The molecule has 1 heterocycles. The van der Waals surface area contributed by atoms with E-state index in [-0.39, 0.29) is 18.4 Å². The number of likely N-dealkylation sites (N-methyl/N-ethyl adjacent to an activating group) is 1. The second-order valence-electron chi connectivity index (χ2n) is 5.88. The molecule has 2 amide bonds. The van der Waals surface area contributed by atoms with Crippen molar-refractivity contribution < 1.29 is 9.59 Å². The molecule has 0 bridgehead atoms. The third-order valence-corrected chi connectivity index (χ3v) is 4.87. The number of carbonyl (C=O) groups is 2. The lowest BCUT2D eigenvalue weighted by atomic mass is 10.2. The molecule has 0 N–H and O–H groups in total. The molecule has 0 aliphatic carbocycles. The van der Waals surface area contributed by atoms with E-state index in [2.05, 4.69) is 27.8 Å². The normalized spacial score (nSPS) is 15.6. The van der Waals surface area contributed by atoms with Gasteiger partial charge in [-0.15, -0.1) is 0 Å². The van der Waals surface area contributed by atoms with Crippen LogP contribution in [0.15, 0.2) is 22.7 Å². The van der Waals surface area contributed by atoms with Crippen molar-refractivity contribution in [1.29, 1.82) is 0 Å². The minimum Gasteiger partial charge on any atom is -0.339 e. The molecule has 1 aromatic rings. The lowest BCUT2D eigenvalue weighted by Gasteiger charge is -2.35. The van der Waals surface area contributed by atoms with Crippen LogP contribution >= 0.6 is 15.9 Å². The fraction of sp³-hybridized carbons (Fsp3) is 0.529. The van der Waals surface area contributed by atoms with Crippen molar-refractivity contribution in [2.24, 2.45) is 0 Å². The number of hydrogen-bond donors (Lipinski definition) is 0. The van der Waals surface area contributed by atoms with Crippen LogP contribution in [-0.2, 0) is 9.59 Å². The number of piperazine rings is 1. The van der Waals surface area contributed by atoms with Crippen LogP contribution in [0.4, 0.5) is 5.69 Å². The van der Waals surface area contributed by atoms with Gasteiger partial charge in [0.25, 0.3) is 0 Å². The first kappa shape index (κ1) is 17.9. The van der Waals surface area contributed by atoms with Gasteiger partial charge in [0.15, 0.2) is 0 Å². The van der Waals surface area contributed by atoms with Gasteiger partial charge in [0.2, 0.25) is 11.8 Å². The van der Waals surface area contributed by atoms with Crippen molar-refractivity contribution in [3.8, 4) is 0 Å². The van der Waals surface area contributed by atoms with Gasteiger partial charge in [-0.2, -0.15) is 0 Å². The summed E-state index contributed by atoms with van der Waals surface area (Å²) in [5, 5.41) is 0. The number of rotatable bonds is 4. The molecular formula is C17H24BrN3O2. The van der Waals surface area contributed by atoms with E-state index in [0.717, 1.165) is 48.4 Å². The monoisotopic (exact) mass is 381 g/mol. The zero-order valence-corrected chi connectivity index (χ0v) is 15.6. The maximum absolute atomic E-state index is 12.6. The molecule has 0 aromatic heterocycles. The third-order valence-electron chi connectivity index (χ3n) is 4.24. The number of halogens is 1. The van der Waals surface area contributed by atoms with Gasteiger partial charge in [-0.25, -0.2) is 0 Å². The average Bonchev–Trinajstić information content (AvgIpc) is 2.53. The molecule has 23 heavy (non-hydrogen) atoms. The number of hydrogen-bond acceptors (Lipinski definition) is 3. The van der Waals surface area contributed by atoms with Crippen molar-refractivity contribution >= 4 is 33.4 Å². The van der Waals surface area contributed by atoms with Crippen molar-refractivity contribution in [2.75, 3.05) is 44.2 Å². The number of amides is 2. The quantitative estimate of drug-likeness (QED) is 0.803. The summed E-state index contributed by atoms with van der Waals surface area (Å²) in [7, 11) is 0. The van der Waals surface area contributed by atoms with E-state index >= 15 is 0 Å². The van der Waals surface area contributed by atoms with E-state index in [9.17, 15) is 9.59 Å². The van der Waals surface area contributed by atoms with Crippen molar-refractivity contribution in [1.82, 2.24) is 9.80 Å². The molecule has 126 valence electrons. The van der Waals surface area contributed by atoms with E-state index < -0.39 is 0 Å². The SMILES string of the molecule is CCN1CCN(C(=O)CN(C(C)=O)c2ccc(C)cc2Br)CC1. The highest BCUT2D eigenvalue weighted by Gasteiger charge is 2.24. The van der Waals surface area contributed by atoms with Gasteiger partial charge >= 0.3 is 0 Å². The smallest absolute Gasteiger partial charge is 0.242 e. The van der Waals surface area contributed by atoms with Crippen LogP contribution in [-0.4, -0.2) is 60.9 Å². The van der Waals surface area contributed by atoms with Gasteiger partial charge in [0, 0.05) is 37.6 Å². The molecule has 1 aromatic carbocycles. The summed E-state index contributed by atoms with van der Waals surface area (Å²) >= 11 is 3.49. The second-order valence-corrected chi connectivity index (χ2v) is 6.73. The minimum absolute atomic E-state index is 0.00317. The Hall–Kier alpha value is -1.40. The molecule has 1 aliphatic rings. The molecule has 1 saturated heterocycles. The molecule has 0 saturated carbocycles. The van der Waals surface area contributed by atoms with Crippen LogP contribution < -0.4 is 4.90 Å². The molecule has 0 unspecified atom stereocenters. The van der Waals surface area contributed by atoms with Gasteiger partial charge in [-0.1, -0.05) is 13.0 Å². The predicted octanol–water partition coefficient (Wildman–Crippen LogP) is 2.27. The summed E-state index contributed by atoms with van der Waals surface area (Å²) in [6.07, 6.45) is 0. The Kier molecular flexibility index (Phi) is 6.18. The van der Waals surface area contributed by atoms with Crippen molar-refractivity contribution in [3.05, 3.63) is 28.2 Å². The van der Waals surface area contributed by atoms with Crippen LogP contribution in [0.2, 0.25) is 0 Å². The summed E-state index contributed by atoms with van der Waals surface area (Å²) in [6, 6.07) is 5.78. The van der Waals surface area contributed by atoms with E-state index in [4.69, 9.17) is 0 Å². The van der Waals surface area contributed by atoms with Gasteiger partial charge in [-0.05, 0) is 47.1 Å². The Balaban J connectivity index is 2.08. The molecule has 0 atom stereocenters. The predicted molar refractivity (Wildman–Crippen MR) is 95.6 cm³/mol. The number of carbonyl (C=O) groups excluding carboxylic acids is 2. The topological polar surface area (TPSA) is 43.9 Å². The van der Waals surface area contributed by atoms with Gasteiger partial charge in [0.05, 0.1) is 5.69 Å². The van der Waals surface area contributed by atoms with Gasteiger partial charge in [0.1, 0.15) is 6.54 Å². The highest BCUT2D eigenvalue weighted by molar-refractivity contribution is 9.10. The number of nitrogens with zero attached hydrogens (tertiary/aromatic N) is 3. The fourth-order valence-corrected chi connectivity index (χ4v) is 3.45. The Morgan fingerprint density at radius 2 is 1.87 bits per heavy atom. The summed E-state index contributed by atoms with van der Waals surface area (Å²) in [5.74, 6) is -0.126. The molecule has 0 radical (unpaired) electrons. The zero-order valence-electron chi connectivity index (χ0n) is 14.0. The van der Waals surface area contributed by atoms with E-state index in [1.54, 1.807) is 0 Å². The number of aryl methyl sites for hydroxylation is 1. The molecular weight excluding hydrogens is 358 g/mol. The first-order valence-corrected chi connectivity index (χ1v) is 8.76. The third kappa shape index (κ3) is 4.54. The van der Waals surface area contributed by atoms with Crippen LogP contribution in [0.5, 0.6) is 0 Å². The summed E-state index contributed by atoms with van der Waals surface area (Å²) in [6.45, 7) is 9.97. The van der Waals surface area contributed by atoms with E-state index in [1.165, 1.54) is 11.8 Å². The summed E-state index contributed by atoms with van der Waals surface area (Å²) in [5.41, 5.74) is 1.84. The standard InChI is InChI=1S/C17H24BrN3O2/c1-4-19-7-9-20(10-8-19)17(23)12-21(14(3)22)16-6-5-13(2)11-15(16)18/h5-6,11H,4,7-10,12H2,1-3H3. The molecule has 6 heteroatoms. The van der Waals surface area contributed by atoms with Crippen LogP contribution in [0.3, 0.4) is 0 Å². The largest absolute Gasteiger partial charge is 0.339 e. The Morgan fingerprint density at radius 3 is 2.39 bits per heavy atom. The lowest BCUT2D eigenvalue weighted by molar-refractivity contribution is -0.132. The maximum Gasteiger partial charge on any atom is 0.242 e. The van der Waals surface area contributed by atoms with E-state index in [0.29, 0.717) is 0 Å². The van der Waals surface area contributed by atoms with Crippen LogP contribution in [0, 0.1) is 6.92 Å². The Bertz CT molecular complexity index is 583. The molecule has 1 aliphatic heterocycles. The van der Waals surface area contributed by atoms with E-state index in [1.807, 2.05) is 30.0 Å². The van der Waals surface area contributed by atoms with Crippen molar-refractivity contribution in [3.63, 3.8) is 0 Å². The van der Waals surface area contributed by atoms with Gasteiger partial charge in [-0.3, -0.25) is 9.59 Å². The minimum atomic E-state index is -0.130. The first-order chi connectivity index (χ1) is 10.9. The second kappa shape index (κ2) is 7.93. The molecule has 0 spiro atoms. The lowest BCUT2D eigenvalue weighted by Crippen LogP contribution is -2.51. The molecule has 5 nitrogen and oxygen atoms in total. The fourth-order valence-electron chi connectivity index (χ4n) is 2.75. The molecule has 1 fully saturated rings. The van der Waals surface area contributed by atoms with Crippen LogP contribution in [0.25, 0.3) is 0 Å². The van der Waals surface area contributed by atoms with Crippen LogP contribution in [0.1, 0.15) is 19.4 Å². The average molecular weight is 382 g/mol. The maximum atomic E-state index is 12.6. The summed E-state index contributed by atoms with van der Waals surface area (Å²) < 4.78 is 0.830. The Labute approximate surface area is 146 Å². The van der Waals surface area contributed by atoms with Crippen molar-refractivity contribution in [2.45, 2.75) is 20.8 Å². The number of anilines is 1. The summed E-state index contributed by atoms with van der Waals surface area (Å²) in [4.78, 5) is 30.3. The molecule has 2 rings (SSSR count). The number of benzene rings is 1. The highest BCUT2D eigenvalue weighted by atomic mass is 79.9. The zero-order chi connectivity index (χ0) is 17.0. The highest BCUT2D eigenvalue weighted by Crippen LogP contribution is 2.27. The first-order valence-electron chi connectivity index (χ1n) is 7.96.